The largest absolute Gasteiger partial charge is 0.497 e. The summed E-state index contributed by atoms with van der Waals surface area (Å²) in [6, 6.07) is 17.3. The molecule has 0 aliphatic heterocycles. The van der Waals surface area contributed by atoms with Crippen LogP contribution in [0.5, 0.6) is 5.75 Å². The molecule has 2 unspecified atom stereocenters. The lowest BCUT2D eigenvalue weighted by Crippen LogP contribution is -2.31. The van der Waals surface area contributed by atoms with Gasteiger partial charge in [-0.1, -0.05) is 42.5 Å². The van der Waals surface area contributed by atoms with Crippen molar-refractivity contribution in [3.8, 4) is 11.8 Å². The molecular weight excluding hydrogens is 318 g/mol. The Morgan fingerprint density at radius 2 is 1.72 bits per heavy atom. The fourth-order valence-electron chi connectivity index (χ4n) is 2.56. The van der Waals surface area contributed by atoms with E-state index in [-0.39, 0.29) is 6.61 Å². The second-order valence-electron chi connectivity index (χ2n) is 5.34. The molecule has 0 N–H and O–H groups in total. The normalized spacial score (nSPS) is 12.5. The van der Waals surface area contributed by atoms with Crippen LogP contribution in [0, 0.1) is 17.2 Å². The van der Waals surface area contributed by atoms with Crippen LogP contribution in [0.15, 0.2) is 54.6 Å². The molecule has 0 bridgehead atoms. The number of benzene rings is 2. The number of nitriles is 1. The molecule has 2 atom stereocenters. The summed E-state index contributed by atoms with van der Waals surface area (Å²) in [7, 11) is 1.54. The maximum absolute atomic E-state index is 12.9. The summed E-state index contributed by atoms with van der Waals surface area (Å²) in [4.78, 5) is 25.3. The number of carbonyl (C=O) groups is 2. The molecule has 25 heavy (non-hydrogen) atoms. The van der Waals surface area contributed by atoms with Gasteiger partial charge < -0.3 is 9.47 Å². The number of esters is 1. The van der Waals surface area contributed by atoms with Crippen LogP contribution in [-0.2, 0) is 9.53 Å². The minimum atomic E-state index is -1.22. The predicted octanol–water partition coefficient (Wildman–Crippen LogP) is 3.36. The third kappa shape index (κ3) is 4.24. The smallest absolute Gasteiger partial charge is 0.318 e. The Labute approximate surface area is 146 Å². The zero-order chi connectivity index (χ0) is 18.2. The molecule has 0 amide bonds. The molecule has 2 aromatic rings. The average molecular weight is 337 g/mol. The van der Waals surface area contributed by atoms with Gasteiger partial charge in [-0.2, -0.15) is 5.26 Å². The highest BCUT2D eigenvalue weighted by Crippen LogP contribution is 2.30. The van der Waals surface area contributed by atoms with Gasteiger partial charge in [-0.3, -0.25) is 9.59 Å². The summed E-state index contributed by atoms with van der Waals surface area (Å²) in [5.74, 6) is -2.67. The molecule has 5 heteroatoms. The predicted molar refractivity (Wildman–Crippen MR) is 92.2 cm³/mol. The lowest BCUT2D eigenvalue weighted by atomic mass is 9.82. The van der Waals surface area contributed by atoms with E-state index in [9.17, 15) is 14.9 Å². The van der Waals surface area contributed by atoms with Crippen molar-refractivity contribution in [1.82, 2.24) is 0 Å². The van der Waals surface area contributed by atoms with Crippen LogP contribution in [0.25, 0.3) is 0 Å². The van der Waals surface area contributed by atoms with Crippen molar-refractivity contribution >= 4 is 11.8 Å². The first-order valence-corrected chi connectivity index (χ1v) is 7.91. The Morgan fingerprint density at radius 1 is 1.08 bits per heavy atom. The Hall–Kier alpha value is -3.13. The van der Waals surface area contributed by atoms with E-state index in [1.807, 2.05) is 0 Å². The van der Waals surface area contributed by atoms with E-state index in [4.69, 9.17) is 9.47 Å². The highest BCUT2D eigenvalue weighted by atomic mass is 16.5. The van der Waals surface area contributed by atoms with Crippen LogP contribution in [-0.4, -0.2) is 25.5 Å². The van der Waals surface area contributed by atoms with Crippen LogP contribution in [0.4, 0.5) is 0 Å². The molecule has 0 heterocycles. The van der Waals surface area contributed by atoms with Gasteiger partial charge in [0.2, 0.25) is 0 Å². The van der Waals surface area contributed by atoms with Gasteiger partial charge in [0.05, 0.1) is 25.7 Å². The van der Waals surface area contributed by atoms with Gasteiger partial charge in [0.15, 0.2) is 5.78 Å². The van der Waals surface area contributed by atoms with Crippen LogP contribution < -0.4 is 4.74 Å². The summed E-state index contributed by atoms with van der Waals surface area (Å²) in [5, 5.41) is 9.65. The second-order valence-corrected chi connectivity index (χ2v) is 5.34. The minimum absolute atomic E-state index is 0.137. The number of Topliss-reactive ketones (excluding diaryl/α,β-unsaturated/α-hetero) is 1. The zero-order valence-corrected chi connectivity index (χ0v) is 14.1. The number of hydrogen-bond donors (Lipinski definition) is 0. The van der Waals surface area contributed by atoms with Gasteiger partial charge in [0.1, 0.15) is 11.7 Å². The maximum Gasteiger partial charge on any atom is 0.318 e. The lowest BCUT2D eigenvalue weighted by molar-refractivity contribution is -0.146. The summed E-state index contributed by atoms with van der Waals surface area (Å²) >= 11 is 0. The second kappa shape index (κ2) is 8.65. The number of hydrogen-bond acceptors (Lipinski definition) is 5. The van der Waals surface area contributed by atoms with E-state index in [0.29, 0.717) is 16.9 Å². The van der Waals surface area contributed by atoms with Crippen molar-refractivity contribution in [2.75, 3.05) is 13.7 Å². The fourth-order valence-corrected chi connectivity index (χ4v) is 2.56. The topological polar surface area (TPSA) is 76.4 Å². The Morgan fingerprint density at radius 3 is 2.24 bits per heavy atom. The van der Waals surface area contributed by atoms with Crippen molar-refractivity contribution in [3.63, 3.8) is 0 Å². The molecule has 2 aromatic carbocycles. The van der Waals surface area contributed by atoms with Crippen molar-refractivity contribution in [2.45, 2.75) is 12.8 Å². The van der Waals surface area contributed by atoms with Crippen LogP contribution in [0.1, 0.15) is 28.8 Å². The number of carbonyl (C=O) groups excluding carboxylic acids is 2. The lowest BCUT2D eigenvalue weighted by Gasteiger charge is -2.20. The first kappa shape index (κ1) is 18.2. The van der Waals surface area contributed by atoms with Crippen molar-refractivity contribution in [3.05, 3.63) is 65.7 Å². The van der Waals surface area contributed by atoms with E-state index in [1.54, 1.807) is 61.5 Å². The molecule has 128 valence electrons. The Balaban J connectivity index is 2.43. The summed E-state index contributed by atoms with van der Waals surface area (Å²) in [5.41, 5.74) is 0.931. The Kier molecular flexibility index (Phi) is 6.30. The van der Waals surface area contributed by atoms with Gasteiger partial charge in [-0.15, -0.1) is 0 Å². The van der Waals surface area contributed by atoms with Crippen molar-refractivity contribution in [1.29, 1.82) is 5.26 Å². The fraction of sp³-hybridized carbons (Fsp3) is 0.250. The third-order valence-electron chi connectivity index (χ3n) is 3.83. The minimum Gasteiger partial charge on any atom is -0.497 e. The number of nitrogens with zero attached hydrogens (tertiary/aromatic N) is 1. The van der Waals surface area contributed by atoms with E-state index in [1.165, 1.54) is 7.11 Å². The third-order valence-corrected chi connectivity index (χ3v) is 3.83. The van der Waals surface area contributed by atoms with Gasteiger partial charge in [0, 0.05) is 5.56 Å². The first-order chi connectivity index (χ1) is 12.1. The summed E-state index contributed by atoms with van der Waals surface area (Å²) < 4.78 is 10.2. The van der Waals surface area contributed by atoms with Crippen molar-refractivity contribution in [2.24, 2.45) is 5.92 Å². The van der Waals surface area contributed by atoms with E-state index >= 15 is 0 Å². The molecule has 0 saturated heterocycles. The van der Waals surface area contributed by atoms with Gasteiger partial charge in [0.25, 0.3) is 0 Å². The summed E-state index contributed by atoms with van der Waals surface area (Å²) in [6.45, 7) is 1.80. The number of ketones is 1. The van der Waals surface area contributed by atoms with Crippen LogP contribution in [0.3, 0.4) is 0 Å². The molecule has 0 spiro atoms. The molecule has 0 aromatic heterocycles. The molecule has 0 radical (unpaired) electrons. The molecule has 2 rings (SSSR count). The van der Waals surface area contributed by atoms with E-state index in [0.717, 1.165) is 0 Å². The number of methoxy groups -OCH3 is 1. The average Bonchev–Trinajstić information content (AvgIpc) is 2.66. The van der Waals surface area contributed by atoms with Gasteiger partial charge >= 0.3 is 5.97 Å². The molecule has 5 nitrogen and oxygen atoms in total. The molecule has 0 aliphatic carbocycles. The van der Waals surface area contributed by atoms with Crippen molar-refractivity contribution < 1.29 is 19.1 Å². The standard InChI is InChI=1S/C20H19NO4/c1-3-25-20(23)18(19(22)15-7-5-4-6-8-15)17(13-21)14-9-11-16(24-2)12-10-14/h4-12,17-18H,3H2,1-2H3. The monoisotopic (exact) mass is 337 g/mol. The SMILES string of the molecule is CCOC(=O)C(C(=O)c1ccccc1)C(C#N)c1ccc(OC)cc1. The quantitative estimate of drug-likeness (QED) is 0.440. The van der Waals surface area contributed by atoms with Crippen LogP contribution >= 0.6 is 0 Å². The summed E-state index contributed by atoms with van der Waals surface area (Å²) in [6.07, 6.45) is 0. The number of ether oxygens (including phenoxy) is 2. The maximum atomic E-state index is 12.9. The van der Waals surface area contributed by atoms with Crippen LogP contribution in [0.2, 0.25) is 0 Å². The Bertz CT molecular complexity index is 763. The molecule has 0 saturated carbocycles. The van der Waals surface area contributed by atoms with E-state index < -0.39 is 23.6 Å². The van der Waals surface area contributed by atoms with Gasteiger partial charge in [-0.25, -0.2) is 0 Å². The molecule has 0 aliphatic rings. The number of rotatable bonds is 7. The molecule has 0 fully saturated rings. The molecular formula is C20H19NO4. The first-order valence-electron chi connectivity index (χ1n) is 7.91. The highest BCUT2D eigenvalue weighted by Gasteiger charge is 2.37. The van der Waals surface area contributed by atoms with Gasteiger partial charge in [-0.05, 0) is 24.6 Å². The zero-order valence-electron chi connectivity index (χ0n) is 14.1. The highest BCUT2D eigenvalue weighted by molar-refractivity contribution is 6.09. The van der Waals surface area contributed by atoms with E-state index in [2.05, 4.69) is 6.07 Å².